The average molecular weight is 210 g/mol. The van der Waals surface area contributed by atoms with E-state index in [1.54, 1.807) is 0 Å². The van der Waals surface area contributed by atoms with E-state index >= 15 is 0 Å². The third-order valence-electron chi connectivity index (χ3n) is 3.86. The Balaban J connectivity index is 1.64. The van der Waals surface area contributed by atoms with Gasteiger partial charge in [0.1, 0.15) is 0 Å². The summed E-state index contributed by atoms with van der Waals surface area (Å²) in [5, 5.41) is 3.78. The van der Waals surface area contributed by atoms with Crippen LogP contribution < -0.4 is 5.32 Å². The van der Waals surface area contributed by atoms with Gasteiger partial charge in [0.2, 0.25) is 0 Å². The first kappa shape index (κ1) is 11.4. The number of likely N-dealkylation sites (tertiary alicyclic amines) is 1. The summed E-state index contributed by atoms with van der Waals surface area (Å²) in [6.45, 7) is 6.27. The Morgan fingerprint density at radius 2 is 1.73 bits per heavy atom. The highest BCUT2D eigenvalue weighted by Crippen LogP contribution is 2.18. The lowest BCUT2D eigenvalue weighted by atomic mass is 10.1. The van der Waals surface area contributed by atoms with Crippen LogP contribution in [-0.2, 0) is 0 Å². The molecule has 2 rings (SSSR count). The topological polar surface area (TPSA) is 15.3 Å². The van der Waals surface area contributed by atoms with Crippen molar-refractivity contribution in [2.45, 2.75) is 64.0 Å². The van der Waals surface area contributed by atoms with E-state index in [9.17, 15) is 0 Å². The van der Waals surface area contributed by atoms with Gasteiger partial charge in [-0.3, -0.25) is 0 Å². The molecule has 1 atom stereocenters. The summed E-state index contributed by atoms with van der Waals surface area (Å²) in [7, 11) is 0. The van der Waals surface area contributed by atoms with Crippen LogP contribution in [0.2, 0.25) is 0 Å². The first-order chi connectivity index (χ1) is 7.34. The van der Waals surface area contributed by atoms with Crippen LogP contribution in [0.1, 0.15) is 51.9 Å². The quantitative estimate of drug-likeness (QED) is 0.766. The van der Waals surface area contributed by atoms with Crippen molar-refractivity contribution in [3.05, 3.63) is 0 Å². The lowest BCUT2D eigenvalue weighted by Crippen LogP contribution is -2.44. The fourth-order valence-electron chi connectivity index (χ4n) is 3.08. The fraction of sp³-hybridized carbons (Fsp3) is 1.00. The Morgan fingerprint density at radius 1 is 1.07 bits per heavy atom. The second kappa shape index (κ2) is 5.86. The summed E-state index contributed by atoms with van der Waals surface area (Å²) in [6.07, 6.45) is 9.96. The van der Waals surface area contributed by atoms with Crippen LogP contribution in [0.25, 0.3) is 0 Å². The van der Waals surface area contributed by atoms with Gasteiger partial charge in [-0.2, -0.15) is 0 Å². The molecule has 1 heterocycles. The first-order valence-electron chi connectivity index (χ1n) is 6.83. The third kappa shape index (κ3) is 3.76. The minimum absolute atomic E-state index is 0.686. The van der Waals surface area contributed by atoms with Crippen molar-refractivity contribution in [3.63, 3.8) is 0 Å². The molecule has 1 saturated carbocycles. The Labute approximate surface area is 94.4 Å². The highest BCUT2D eigenvalue weighted by Gasteiger charge is 2.18. The van der Waals surface area contributed by atoms with E-state index in [2.05, 4.69) is 17.1 Å². The monoisotopic (exact) mass is 210 g/mol. The molecule has 0 aromatic carbocycles. The highest BCUT2D eigenvalue weighted by atomic mass is 15.2. The van der Waals surface area contributed by atoms with Crippen LogP contribution in [0, 0.1) is 0 Å². The van der Waals surface area contributed by atoms with E-state index < -0.39 is 0 Å². The summed E-state index contributed by atoms with van der Waals surface area (Å²) in [5.41, 5.74) is 0. The molecule has 0 amide bonds. The summed E-state index contributed by atoms with van der Waals surface area (Å²) in [4.78, 5) is 2.64. The summed E-state index contributed by atoms with van der Waals surface area (Å²) < 4.78 is 0. The van der Waals surface area contributed by atoms with Crippen LogP contribution >= 0.6 is 0 Å². The Bertz CT molecular complexity index is 169. The minimum Gasteiger partial charge on any atom is -0.310 e. The molecular formula is C13H26N2. The summed E-state index contributed by atoms with van der Waals surface area (Å²) >= 11 is 0. The van der Waals surface area contributed by atoms with E-state index in [1.165, 1.54) is 64.6 Å². The molecule has 1 unspecified atom stereocenters. The fourth-order valence-corrected chi connectivity index (χ4v) is 3.08. The molecule has 15 heavy (non-hydrogen) atoms. The van der Waals surface area contributed by atoms with Crippen molar-refractivity contribution in [3.8, 4) is 0 Å². The van der Waals surface area contributed by atoms with E-state index in [-0.39, 0.29) is 0 Å². The van der Waals surface area contributed by atoms with Crippen molar-refractivity contribution < 1.29 is 0 Å². The summed E-state index contributed by atoms with van der Waals surface area (Å²) in [5.74, 6) is 0. The van der Waals surface area contributed by atoms with Gasteiger partial charge in [-0.15, -0.1) is 0 Å². The van der Waals surface area contributed by atoms with Crippen LogP contribution in [0.5, 0.6) is 0 Å². The molecule has 0 aromatic heterocycles. The lowest BCUT2D eigenvalue weighted by molar-refractivity contribution is 0.204. The van der Waals surface area contributed by atoms with Crippen LogP contribution in [0.15, 0.2) is 0 Å². The molecule has 0 aromatic rings. The zero-order chi connectivity index (χ0) is 10.5. The van der Waals surface area contributed by atoms with E-state index in [1.807, 2.05) is 0 Å². The van der Waals surface area contributed by atoms with Gasteiger partial charge < -0.3 is 10.2 Å². The van der Waals surface area contributed by atoms with Crippen molar-refractivity contribution in [2.24, 2.45) is 0 Å². The number of nitrogens with zero attached hydrogens (tertiary/aromatic N) is 1. The van der Waals surface area contributed by atoms with Gasteiger partial charge in [-0.25, -0.2) is 0 Å². The molecule has 1 saturated heterocycles. The zero-order valence-electron chi connectivity index (χ0n) is 10.2. The molecule has 2 aliphatic rings. The van der Waals surface area contributed by atoms with Gasteiger partial charge >= 0.3 is 0 Å². The van der Waals surface area contributed by atoms with Gasteiger partial charge in [-0.1, -0.05) is 19.3 Å². The predicted molar refractivity (Wildman–Crippen MR) is 65.1 cm³/mol. The molecule has 1 aliphatic carbocycles. The lowest BCUT2D eigenvalue weighted by Gasteiger charge is -2.30. The highest BCUT2D eigenvalue weighted by molar-refractivity contribution is 4.79. The number of hydrogen-bond donors (Lipinski definition) is 1. The van der Waals surface area contributed by atoms with Gasteiger partial charge in [0.15, 0.2) is 0 Å². The molecule has 0 bridgehead atoms. The first-order valence-corrected chi connectivity index (χ1v) is 6.83. The molecule has 0 radical (unpaired) electrons. The van der Waals surface area contributed by atoms with Crippen molar-refractivity contribution in [2.75, 3.05) is 19.6 Å². The number of nitrogens with one attached hydrogen (secondary N) is 1. The normalized spacial score (nSPS) is 27.0. The Morgan fingerprint density at radius 3 is 2.40 bits per heavy atom. The molecule has 1 aliphatic heterocycles. The van der Waals surface area contributed by atoms with Gasteiger partial charge in [0, 0.05) is 18.6 Å². The molecule has 2 heteroatoms. The SMILES string of the molecule is CC(CN1CCCCC1)NC1CCCC1. The number of rotatable bonds is 4. The van der Waals surface area contributed by atoms with Crippen LogP contribution in [-0.4, -0.2) is 36.6 Å². The van der Waals surface area contributed by atoms with Crippen molar-refractivity contribution in [1.82, 2.24) is 10.2 Å². The third-order valence-corrected chi connectivity index (χ3v) is 3.86. The minimum atomic E-state index is 0.686. The predicted octanol–water partition coefficient (Wildman–Crippen LogP) is 2.39. The smallest absolute Gasteiger partial charge is 0.0169 e. The second-order valence-corrected chi connectivity index (χ2v) is 5.41. The van der Waals surface area contributed by atoms with Crippen LogP contribution in [0.3, 0.4) is 0 Å². The summed E-state index contributed by atoms with van der Waals surface area (Å²) in [6, 6.07) is 1.51. The van der Waals surface area contributed by atoms with Gasteiger partial charge in [-0.05, 0) is 45.7 Å². The van der Waals surface area contributed by atoms with Crippen LogP contribution in [0.4, 0.5) is 0 Å². The molecule has 2 fully saturated rings. The Hall–Kier alpha value is -0.0800. The molecule has 88 valence electrons. The maximum absolute atomic E-state index is 3.78. The number of hydrogen-bond acceptors (Lipinski definition) is 2. The molecule has 2 nitrogen and oxygen atoms in total. The van der Waals surface area contributed by atoms with Gasteiger partial charge in [0.05, 0.1) is 0 Å². The largest absolute Gasteiger partial charge is 0.310 e. The van der Waals surface area contributed by atoms with E-state index in [0.29, 0.717) is 6.04 Å². The van der Waals surface area contributed by atoms with Gasteiger partial charge in [0.25, 0.3) is 0 Å². The average Bonchev–Trinajstić information content (AvgIpc) is 2.71. The zero-order valence-corrected chi connectivity index (χ0v) is 10.2. The molecular weight excluding hydrogens is 184 g/mol. The second-order valence-electron chi connectivity index (χ2n) is 5.41. The van der Waals surface area contributed by atoms with Crippen molar-refractivity contribution >= 4 is 0 Å². The van der Waals surface area contributed by atoms with E-state index in [0.717, 1.165) is 6.04 Å². The maximum atomic E-state index is 3.78. The number of piperidine rings is 1. The van der Waals surface area contributed by atoms with E-state index in [4.69, 9.17) is 0 Å². The molecule has 0 spiro atoms. The Kier molecular flexibility index (Phi) is 4.45. The maximum Gasteiger partial charge on any atom is 0.0169 e. The molecule has 1 N–H and O–H groups in total. The standard InChI is InChI=1S/C13H26N2/c1-12(14-13-7-3-4-8-13)11-15-9-5-2-6-10-15/h12-14H,2-11H2,1H3. The van der Waals surface area contributed by atoms with Crippen molar-refractivity contribution in [1.29, 1.82) is 0 Å².